The molecule has 1 aliphatic carbocycles. The summed E-state index contributed by atoms with van der Waals surface area (Å²) in [5.74, 6) is 0. The van der Waals surface area contributed by atoms with Gasteiger partial charge in [0.25, 0.3) is 0 Å². The number of fused-ring (bicyclic) bond motifs is 6. The van der Waals surface area contributed by atoms with Gasteiger partial charge < -0.3 is 0 Å². The van der Waals surface area contributed by atoms with E-state index in [1.807, 2.05) is 0 Å². The third-order valence-electron chi connectivity index (χ3n) is 8.63. The van der Waals surface area contributed by atoms with Gasteiger partial charge in [0.15, 0.2) is 0 Å². The van der Waals surface area contributed by atoms with Crippen LogP contribution >= 0.6 is 0 Å². The Hall–Kier alpha value is -6.24. The highest BCUT2D eigenvalue weighted by Crippen LogP contribution is 2.24. The molecule has 1 aliphatic rings. The van der Waals surface area contributed by atoms with E-state index < -0.39 is 0 Å². The van der Waals surface area contributed by atoms with Crippen LogP contribution in [0.5, 0.6) is 0 Å². The lowest BCUT2D eigenvalue weighted by Gasteiger charge is -2.06. The van der Waals surface area contributed by atoms with Crippen LogP contribution in [0.25, 0.3) is 72.9 Å². The van der Waals surface area contributed by atoms with Gasteiger partial charge in [-0.15, -0.1) is 0 Å². The predicted molar refractivity (Wildman–Crippen MR) is 212 cm³/mol. The highest BCUT2D eigenvalue weighted by molar-refractivity contribution is 5.88. The van der Waals surface area contributed by atoms with Crippen molar-refractivity contribution >= 4 is 72.9 Å². The molecule has 0 saturated carbocycles. The Bertz CT molecular complexity index is 1670. The Morgan fingerprint density at radius 1 is 0.125 bits per heavy atom. The monoisotopic (exact) mass is 612 g/mol. The van der Waals surface area contributed by atoms with Crippen molar-refractivity contribution in [2.24, 2.45) is 0 Å². The maximum atomic E-state index is 2.22. The maximum Gasteiger partial charge on any atom is -0.0184 e. The number of hydrogen-bond donors (Lipinski definition) is 0. The fourth-order valence-corrected chi connectivity index (χ4v) is 5.96. The highest BCUT2D eigenvalue weighted by Gasteiger charge is 2.03. The van der Waals surface area contributed by atoms with Gasteiger partial charge in [-0.1, -0.05) is 219 Å². The van der Waals surface area contributed by atoms with Crippen molar-refractivity contribution < 1.29 is 0 Å². The van der Waals surface area contributed by atoms with E-state index in [0.29, 0.717) is 0 Å². The molecule has 6 aromatic carbocycles. The number of rotatable bonds is 0. The average Bonchev–Trinajstić information content (AvgIpc) is 3.14. The Labute approximate surface area is 284 Å². The van der Waals surface area contributed by atoms with Crippen LogP contribution < -0.4 is 0 Å². The van der Waals surface area contributed by atoms with Crippen molar-refractivity contribution in [2.75, 3.05) is 0 Å². The molecule has 0 radical (unpaired) electrons. The lowest BCUT2D eigenvalue weighted by Crippen LogP contribution is -1.85. The molecule has 228 valence electrons. The van der Waals surface area contributed by atoms with E-state index in [4.69, 9.17) is 0 Å². The predicted octanol–water partition coefficient (Wildman–Crippen LogP) is 13.0. The van der Waals surface area contributed by atoms with E-state index in [1.165, 1.54) is 66.8 Å². The Morgan fingerprint density at radius 3 is 0.292 bits per heavy atom. The SMILES string of the molecule is C1=C\c2ccccc2/C=C\c2ccccc2/C=C\c2ccccc2/C=C\c2ccccc2/C=C\c2ccccc2/C=C\c2ccccc2/1. The molecule has 0 heterocycles. The molecule has 0 nitrogen and oxygen atoms in total. The minimum atomic E-state index is 1.17. The molecule has 0 aliphatic heterocycles. The minimum absolute atomic E-state index is 1.17. The zero-order valence-corrected chi connectivity index (χ0v) is 26.8. The average molecular weight is 613 g/mol. The molecule has 0 saturated heterocycles. The molecule has 0 bridgehead atoms. The summed E-state index contributed by atoms with van der Waals surface area (Å²) < 4.78 is 0. The number of hydrogen-bond acceptors (Lipinski definition) is 0. The van der Waals surface area contributed by atoms with Crippen LogP contribution in [-0.2, 0) is 0 Å². The van der Waals surface area contributed by atoms with Crippen molar-refractivity contribution in [1.29, 1.82) is 0 Å². The summed E-state index contributed by atoms with van der Waals surface area (Å²) >= 11 is 0. The van der Waals surface area contributed by atoms with E-state index in [9.17, 15) is 0 Å². The van der Waals surface area contributed by atoms with Crippen LogP contribution in [0, 0.1) is 0 Å². The summed E-state index contributed by atoms with van der Waals surface area (Å²) in [7, 11) is 0. The van der Waals surface area contributed by atoms with Gasteiger partial charge in [0, 0.05) is 0 Å². The molecule has 6 aromatic rings. The molecule has 0 heteroatoms. The van der Waals surface area contributed by atoms with Crippen LogP contribution in [0.4, 0.5) is 0 Å². The van der Waals surface area contributed by atoms with E-state index in [-0.39, 0.29) is 0 Å². The smallest absolute Gasteiger partial charge is 0.0184 e. The van der Waals surface area contributed by atoms with Crippen molar-refractivity contribution in [1.82, 2.24) is 0 Å². The normalized spacial score (nSPS) is 16.5. The van der Waals surface area contributed by atoms with Gasteiger partial charge in [-0.25, -0.2) is 0 Å². The first-order chi connectivity index (χ1) is 23.8. The fraction of sp³-hybridized carbons (Fsp3) is 0. The van der Waals surface area contributed by atoms with Crippen molar-refractivity contribution in [2.45, 2.75) is 0 Å². The molecule has 0 aromatic heterocycles. The van der Waals surface area contributed by atoms with E-state index in [1.54, 1.807) is 0 Å². The first kappa shape index (κ1) is 30.4. The molecule has 0 unspecified atom stereocenters. The summed E-state index contributed by atoms with van der Waals surface area (Å²) in [4.78, 5) is 0. The minimum Gasteiger partial charge on any atom is -0.0616 e. The Balaban J connectivity index is 1.36. The van der Waals surface area contributed by atoms with Crippen LogP contribution in [0.2, 0.25) is 0 Å². The second-order valence-corrected chi connectivity index (χ2v) is 11.8. The topological polar surface area (TPSA) is 0 Å². The third-order valence-corrected chi connectivity index (χ3v) is 8.63. The molecule has 48 heavy (non-hydrogen) atoms. The fourth-order valence-electron chi connectivity index (χ4n) is 5.96. The van der Waals surface area contributed by atoms with Crippen LogP contribution in [0.1, 0.15) is 66.8 Å². The van der Waals surface area contributed by atoms with Crippen molar-refractivity contribution in [3.63, 3.8) is 0 Å². The highest BCUT2D eigenvalue weighted by atomic mass is 14.1. The summed E-state index contributed by atoms with van der Waals surface area (Å²) in [5.41, 5.74) is 14.1. The zero-order valence-electron chi connectivity index (χ0n) is 26.8. The van der Waals surface area contributed by atoms with Gasteiger partial charge in [0.2, 0.25) is 0 Å². The summed E-state index contributed by atoms with van der Waals surface area (Å²) in [5, 5.41) is 0. The standard InChI is InChI=1S/C48H36/c1-2-14-38-27-28-40-16-5-6-18-42(40)31-32-44-20-9-10-22-46(44)35-36-48-24-12-11-23-47(48)34-33-45-21-8-7-19-43(45)30-29-41-17-4-3-15-39(41)26-25-37(38)13-1/h1-36H/b26-25-,28-27-,30-29-,32-31-,34-33-,36-35-,37-25?,38-27?,39-26?,40-28?,41-29?,42-31?,43-30?,44-32?,45-33?,46-35?,47-34?,48-36?. The second kappa shape index (κ2) is 14.9. The molecule has 0 atom stereocenters. The molecule has 7 rings (SSSR count). The van der Waals surface area contributed by atoms with Gasteiger partial charge in [0.05, 0.1) is 0 Å². The first-order valence-electron chi connectivity index (χ1n) is 16.4. The van der Waals surface area contributed by atoms with Gasteiger partial charge in [-0.05, 0) is 66.8 Å². The molecular weight excluding hydrogens is 577 g/mol. The van der Waals surface area contributed by atoms with Gasteiger partial charge in [-0.3, -0.25) is 0 Å². The molecule has 0 N–H and O–H groups in total. The Morgan fingerprint density at radius 2 is 0.208 bits per heavy atom. The molecule has 0 amide bonds. The van der Waals surface area contributed by atoms with Crippen molar-refractivity contribution in [3.05, 3.63) is 212 Å². The summed E-state index contributed by atoms with van der Waals surface area (Å²) in [6.45, 7) is 0. The first-order valence-corrected chi connectivity index (χ1v) is 16.4. The summed E-state index contributed by atoms with van der Waals surface area (Å²) in [6.07, 6.45) is 26.6. The zero-order chi connectivity index (χ0) is 32.4. The maximum absolute atomic E-state index is 2.22. The van der Waals surface area contributed by atoms with E-state index >= 15 is 0 Å². The lowest BCUT2D eigenvalue weighted by atomic mass is 9.99. The largest absolute Gasteiger partial charge is 0.0616 e. The van der Waals surface area contributed by atoms with Gasteiger partial charge in [0.1, 0.15) is 0 Å². The number of benzene rings is 6. The lowest BCUT2D eigenvalue weighted by molar-refractivity contribution is 1.58. The molecule has 0 fully saturated rings. The summed E-state index contributed by atoms with van der Waals surface area (Å²) in [6, 6.07) is 51.3. The van der Waals surface area contributed by atoms with E-state index in [0.717, 1.165) is 0 Å². The van der Waals surface area contributed by atoms with Gasteiger partial charge in [-0.2, -0.15) is 0 Å². The third kappa shape index (κ3) is 7.41. The quantitative estimate of drug-likeness (QED) is 0.160. The second-order valence-electron chi connectivity index (χ2n) is 11.8. The molecular formula is C48H36. The Kier molecular flexibility index (Phi) is 9.44. The van der Waals surface area contributed by atoms with Crippen molar-refractivity contribution in [3.8, 4) is 0 Å². The van der Waals surface area contributed by atoms with Gasteiger partial charge >= 0.3 is 0 Å². The van der Waals surface area contributed by atoms with Crippen LogP contribution in [0.3, 0.4) is 0 Å². The molecule has 0 spiro atoms. The van der Waals surface area contributed by atoms with Crippen LogP contribution in [-0.4, -0.2) is 0 Å². The van der Waals surface area contributed by atoms with E-state index in [2.05, 4.69) is 219 Å². The van der Waals surface area contributed by atoms with Crippen LogP contribution in [0.15, 0.2) is 146 Å².